The van der Waals surface area contributed by atoms with Crippen molar-refractivity contribution in [3.05, 3.63) is 0 Å². The number of rotatable bonds is 4. The Balaban J connectivity index is 1.74. The molecule has 0 saturated carbocycles. The smallest absolute Gasteiger partial charge is 0.248 e. The molecule has 2 aliphatic rings. The quantitative estimate of drug-likeness (QED) is 0.754. The van der Waals surface area contributed by atoms with Gasteiger partial charge in [-0.1, -0.05) is 6.92 Å². The Morgan fingerprint density at radius 2 is 2.06 bits per heavy atom. The van der Waals surface area contributed by atoms with E-state index in [1.807, 2.05) is 4.90 Å². The van der Waals surface area contributed by atoms with Gasteiger partial charge in [-0.25, -0.2) is 0 Å². The molecule has 1 N–H and O–H groups in total. The second kappa shape index (κ2) is 5.99. The summed E-state index contributed by atoms with van der Waals surface area (Å²) in [5.74, 6) is 0.117. The van der Waals surface area contributed by atoms with Crippen molar-refractivity contribution in [3.63, 3.8) is 0 Å². The number of carbonyl (C=O) groups excluding carboxylic acids is 1. The number of carbonyl (C=O) groups is 1. The van der Waals surface area contributed by atoms with Crippen molar-refractivity contribution in [3.8, 4) is 0 Å². The van der Waals surface area contributed by atoms with Gasteiger partial charge < -0.3 is 15.0 Å². The summed E-state index contributed by atoms with van der Waals surface area (Å²) in [6.45, 7) is 9.63. The molecular formula is C13H25N3O2. The van der Waals surface area contributed by atoms with Crippen LogP contribution in [0.1, 0.15) is 13.3 Å². The fraction of sp³-hybridized carbons (Fsp3) is 0.923. The third kappa shape index (κ3) is 3.43. The molecule has 5 heteroatoms. The maximum absolute atomic E-state index is 11.7. The van der Waals surface area contributed by atoms with Crippen LogP contribution in [0.4, 0.5) is 0 Å². The Kier molecular flexibility index (Phi) is 4.59. The van der Waals surface area contributed by atoms with Crippen molar-refractivity contribution in [2.24, 2.45) is 5.41 Å². The maximum atomic E-state index is 11.7. The lowest BCUT2D eigenvalue weighted by Gasteiger charge is -2.38. The van der Waals surface area contributed by atoms with Gasteiger partial charge in [0.2, 0.25) is 5.91 Å². The molecule has 18 heavy (non-hydrogen) atoms. The van der Waals surface area contributed by atoms with Gasteiger partial charge in [-0.05, 0) is 18.4 Å². The van der Waals surface area contributed by atoms with E-state index in [2.05, 4.69) is 17.1 Å². The van der Waals surface area contributed by atoms with E-state index in [9.17, 15) is 4.79 Å². The Morgan fingerprint density at radius 1 is 1.33 bits per heavy atom. The van der Waals surface area contributed by atoms with Gasteiger partial charge in [0.25, 0.3) is 0 Å². The van der Waals surface area contributed by atoms with Crippen LogP contribution in [0.3, 0.4) is 0 Å². The minimum Gasteiger partial charge on any atom is -0.375 e. The van der Waals surface area contributed by atoms with Crippen molar-refractivity contribution in [2.75, 3.05) is 59.5 Å². The molecule has 0 aromatic rings. The van der Waals surface area contributed by atoms with Gasteiger partial charge in [-0.3, -0.25) is 9.69 Å². The fourth-order valence-corrected chi connectivity index (χ4v) is 2.91. The molecule has 2 saturated heterocycles. The van der Waals surface area contributed by atoms with Crippen LogP contribution >= 0.6 is 0 Å². The largest absolute Gasteiger partial charge is 0.375 e. The van der Waals surface area contributed by atoms with Crippen LogP contribution in [0.2, 0.25) is 0 Å². The first kappa shape index (κ1) is 13.8. The van der Waals surface area contributed by atoms with Crippen molar-refractivity contribution in [1.82, 2.24) is 15.1 Å². The summed E-state index contributed by atoms with van der Waals surface area (Å²) in [7, 11) is 1.57. The Hall–Kier alpha value is -0.650. The number of ether oxygens (including phenoxy) is 1. The van der Waals surface area contributed by atoms with E-state index in [1.165, 1.54) is 6.42 Å². The summed E-state index contributed by atoms with van der Waals surface area (Å²) in [5, 5.41) is 3.44. The highest BCUT2D eigenvalue weighted by Gasteiger charge is 2.32. The number of hydrogen-bond acceptors (Lipinski definition) is 4. The van der Waals surface area contributed by atoms with Gasteiger partial charge >= 0.3 is 0 Å². The Bertz CT molecular complexity index is 282. The van der Waals surface area contributed by atoms with Crippen LogP contribution in [0.15, 0.2) is 0 Å². The predicted octanol–water partition coefficient (Wildman–Crippen LogP) is -0.223. The first-order valence-electron chi connectivity index (χ1n) is 6.83. The molecule has 1 unspecified atom stereocenters. The number of hydrogen-bond donors (Lipinski definition) is 1. The lowest BCUT2D eigenvalue weighted by Crippen LogP contribution is -2.52. The summed E-state index contributed by atoms with van der Waals surface area (Å²) >= 11 is 0. The second-order valence-electron chi connectivity index (χ2n) is 5.83. The zero-order chi connectivity index (χ0) is 13.0. The van der Waals surface area contributed by atoms with Gasteiger partial charge in [-0.15, -0.1) is 0 Å². The SMILES string of the molecule is COCC(=O)N1CCN(CC2(C)CCNC2)CC1. The van der Waals surface area contributed by atoms with Crippen LogP contribution in [0.25, 0.3) is 0 Å². The van der Waals surface area contributed by atoms with Gasteiger partial charge in [0, 0.05) is 46.4 Å². The standard InChI is InChI=1S/C13H25N3O2/c1-13(3-4-14-10-13)11-15-5-7-16(8-6-15)12(17)9-18-2/h14H,3-11H2,1-2H3. The zero-order valence-electron chi connectivity index (χ0n) is 11.6. The average molecular weight is 255 g/mol. The van der Waals surface area contributed by atoms with Gasteiger partial charge in [0.05, 0.1) is 0 Å². The van der Waals surface area contributed by atoms with Gasteiger partial charge in [0.15, 0.2) is 0 Å². The average Bonchev–Trinajstić information content (AvgIpc) is 2.77. The van der Waals surface area contributed by atoms with E-state index in [0.29, 0.717) is 5.41 Å². The molecule has 0 bridgehead atoms. The molecule has 2 rings (SSSR count). The van der Waals surface area contributed by atoms with Crippen molar-refractivity contribution >= 4 is 5.91 Å². The summed E-state index contributed by atoms with van der Waals surface area (Å²) in [5.41, 5.74) is 0.415. The molecule has 0 aliphatic carbocycles. The highest BCUT2D eigenvalue weighted by Crippen LogP contribution is 2.26. The monoisotopic (exact) mass is 255 g/mol. The molecule has 0 aromatic carbocycles. The van der Waals surface area contributed by atoms with E-state index < -0.39 is 0 Å². The number of methoxy groups -OCH3 is 1. The maximum Gasteiger partial charge on any atom is 0.248 e. The second-order valence-corrected chi connectivity index (χ2v) is 5.83. The summed E-state index contributed by atoms with van der Waals surface area (Å²) in [6.07, 6.45) is 1.26. The van der Waals surface area contributed by atoms with E-state index in [-0.39, 0.29) is 12.5 Å². The van der Waals surface area contributed by atoms with E-state index >= 15 is 0 Å². The lowest BCUT2D eigenvalue weighted by atomic mass is 9.89. The van der Waals surface area contributed by atoms with Crippen LogP contribution in [-0.2, 0) is 9.53 Å². The third-order valence-corrected chi connectivity index (χ3v) is 4.06. The predicted molar refractivity (Wildman–Crippen MR) is 70.5 cm³/mol. The van der Waals surface area contributed by atoms with Crippen LogP contribution in [-0.4, -0.2) is 75.2 Å². The molecule has 1 amide bonds. The topological polar surface area (TPSA) is 44.8 Å². The van der Waals surface area contributed by atoms with E-state index in [1.54, 1.807) is 7.11 Å². The molecule has 5 nitrogen and oxygen atoms in total. The van der Waals surface area contributed by atoms with Crippen molar-refractivity contribution in [2.45, 2.75) is 13.3 Å². The highest BCUT2D eigenvalue weighted by molar-refractivity contribution is 5.77. The molecule has 2 fully saturated rings. The number of nitrogens with zero attached hydrogens (tertiary/aromatic N) is 2. The molecule has 104 valence electrons. The van der Waals surface area contributed by atoms with Crippen LogP contribution in [0.5, 0.6) is 0 Å². The van der Waals surface area contributed by atoms with E-state index in [4.69, 9.17) is 4.74 Å². The van der Waals surface area contributed by atoms with E-state index in [0.717, 1.165) is 45.8 Å². The molecule has 0 spiro atoms. The van der Waals surface area contributed by atoms with Crippen molar-refractivity contribution in [1.29, 1.82) is 0 Å². The molecule has 2 heterocycles. The minimum absolute atomic E-state index is 0.117. The molecule has 2 aliphatic heterocycles. The van der Waals surface area contributed by atoms with Gasteiger partial charge in [0.1, 0.15) is 6.61 Å². The van der Waals surface area contributed by atoms with Crippen LogP contribution in [0, 0.1) is 5.41 Å². The highest BCUT2D eigenvalue weighted by atomic mass is 16.5. The number of nitrogens with one attached hydrogen (secondary N) is 1. The Labute approximate surface area is 109 Å². The normalized spacial score (nSPS) is 29.8. The first-order valence-corrected chi connectivity index (χ1v) is 6.83. The summed E-state index contributed by atoms with van der Waals surface area (Å²) < 4.78 is 4.89. The molecule has 0 aromatic heterocycles. The zero-order valence-corrected chi connectivity index (χ0v) is 11.6. The van der Waals surface area contributed by atoms with Crippen molar-refractivity contribution < 1.29 is 9.53 Å². The lowest BCUT2D eigenvalue weighted by molar-refractivity contribution is -0.137. The Morgan fingerprint density at radius 3 is 2.61 bits per heavy atom. The summed E-state index contributed by atoms with van der Waals surface area (Å²) in [6, 6.07) is 0. The minimum atomic E-state index is 0.117. The van der Waals surface area contributed by atoms with Gasteiger partial charge in [-0.2, -0.15) is 0 Å². The first-order chi connectivity index (χ1) is 8.63. The molecule has 0 radical (unpaired) electrons. The van der Waals surface area contributed by atoms with Crippen LogP contribution < -0.4 is 5.32 Å². The number of piperazine rings is 1. The third-order valence-electron chi connectivity index (χ3n) is 4.06. The fourth-order valence-electron chi connectivity index (χ4n) is 2.91. The molecule has 1 atom stereocenters. The number of amides is 1. The molecular weight excluding hydrogens is 230 g/mol. The summed E-state index contributed by atoms with van der Waals surface area (Å²) in [4.78, 5) is 16.1.